The van der Waals surface area contributed by atoms with Crippen LogP contribution in [0.15, 0.2) is 146 Å². The highest BCUT2D eigenvalue weighted by molar-refractivity contribution is 5.89. The molecule has 0 radical (unpaired) electrons. The number of ether oxygens (including phenoxy) is 2. The smallest absolute Gasteiger partial charge is 0.151 e. The molecule has 6 aromatic carbocycles. The number of hydrogen-bond acceptors (Lipinski definition) is 4. The van der Waals surface area contributed by atoms with Crippen molar-refractivity contribution in [1.29, 1.82) is 0 Å². The van der Waals surface area contributed by atoms with Crippen molar-refractivity contribution in [2.75, 3.05) is 9.80 Å². The second-order valence-corrected chi connectivity index (χ2v) is 9.85. The lowest BCUT2D eigenvalue weighted by Crippen LogP contribution is -2.16. The Morgan fingerprint density at radius 2 is 0.650 bits per heavy atom. The number of anilines is 6. The van der Waals surface area contributed by atoms with Crippen LogP contribution in [0.1, 0.15) is 0 Å². The molecule has 0 atom stereocenters. The van der Waals surface area contributed by atoms with Gasteiger partial charge in [0.05, 0.1) is 22.7 Å². The lowest BCUT2D eigenvalue weighted by atomic mass is 10.0. The van der Waals surface area contributed by atoms with E-state index in [0.717, 1.165) is 68.2 Å². The van der Waals surface area contributed by atoms with Crippen molar-refractivity contribution in [1.82, 2.24) is 0 Å². The topological polar surface area (TPSA) is 24.9 Å². The first kappa shape index (κ1) is 22.5. The SMILES string of the molecule is c1cc(-c2cccc(N3c4ccccc4Oc4ccccc43)c2)cc(N2c3ccccc3Oc3ccccc32)c1. The molecule has 0 saturated carbocycles. The Hall–Kier alpha value is -5.48. The van der Waals surface area contributed by atoms with Gasteiger partial charge in [0.25, 0.3) is 0 Å². The Balaban J connectivity index is 1.24. The number of fused-ring (bicyclic) bond motifs is 4. The van der Waals surface area contributed by atoms with E-state index in [1.165, 1.54) is 0 Å². The van der Waals surface area contributed by atoms with E-state index >= 15 is 0 Å². The maximum absolute atomic E-state index is 6.23. The molecule has 0 fully saturated rings. The lowest BCUT2D eigenvalue weighted by molar-refractivity contribution is 0.476. The molecule has 2 aliphatic heterocycles. The van der Waals surface area contributed by atoms with E-state index in [4.69, 9.17) is 9.47 Å². The van der Waals surface area contributed by atoms with Crippen molar-refractivity contribution in [3.63, 3.8) is 0 Å². The molecule has 0 bridgehead atoms. The number of benzene rings is 6. The Kier molecular flexibility index (Phi) is 5.10. The predicted octanol–water partition coefficient (Wildman–Crippen LogP) is 10.5. The van der Waals surface area contributed by atoms with E-state index in [2.05, 4.69) is 107 Å². The van der Waals surface area contributed by atoms with Crippen molar-refractivity contribution in [3.8, 4) is 34.1 Å². The fourth-order valence-electron chi connectivity index (χ4n) is 5.61. The Bertz CT molecular complexity index is 1670. The van der Waals surface area contributed by atoms with Crippen molar-refractivity contribution in [3.05, 3.63) is 146 Å². The molecule has 0 aromatic heterocycles. The van der Waals surface area contributed by atoms with Gasteiger partial charge in [-0.05, 0) is 83.9 Å². The molecule has 2 heterocycles. The first-order chi connectivity index (χ1) is 19.8. The number of hydrogen-bond donors (Lipinski definition) is 0. The zero-order valence-corrected chi connectivity index (χ0v) is 21.6. The number of nitrogens with zero attached hydrogens (tertiary/aromatic N) is 2. The van der Waals surface area contributed by atoms with Gasteiger partial charge < -0.3 is 19.3 Å². The summed E-state index contributed by atoms with van der Waals surface area (Å²) in [5, 5.41) is 0. The van der Waals surface area contributed by atoms with Crippen LogP contribution >= 0.6 is 0 Å². The summed E-state index contributed by atoms with van der Waals surface area (Å²) in [7, 11) is 0. The molecule has 6 aromatic rings. The summed E-state index contributed by atoms with van der Waals surface area (Å²) in [4.78, 5) is 4.55. The molecule has 190 valence electrons. The standard InChI is InChI=1S/C36H24N2O2/c1-5-19-33-29(15-1)37(30-16-2-6-20-34(30)39-33)27-13-9-11-25(23-27)26-12-10-14-28(24-26)38-31-17-3-7-21-35(31)40-36-22-8-4-18-32(36)38/h1-24H. The van der Waals surface area contributed by atoms with Crippen LogP contribution in [-0.2, 0) is 0 Å². The van der Waals surface area contributed by atoms with Gasteiger partial charge in [0.2, 0.25) is 0 Å². The third-order valence-corrected chi connectivity index (χ3v) is 7.41. The third-order valence-electron chi connectivity index (χ3n) is 7.41. The molecule has 0 amide bonds. The highest BCUT2D eigenvalue weighted by Crippen LogP contribution is 2.52. The van der Waals surface area contributed by atoms with Crippen molar-refractivity contribution >= 4 is 34.1 Å². The van der Waals surface area contributed by atoms with Gasteiger partial charge in [0, 0.05) is 11.4 Å². The first-order valence-electron chi connectivity index (χ1n) is 13.4. The summed E-state index contributed by atoms with van der Waals surface area (Å²) in [6, 6.07) is 50.1. The molecule has 0 saturated heterocycles. The van der Waals surface area contributed by atoms with Crippen LogP contribution in [0.25, 0.3) is 11.1 Å². The lowest BCUT2D eigenvalue weighted by Gasteiger charge is -2.33. The molecular weight excluding hydrogens is 492 g/mol. The summed E-state index contributed by atoms with van der Waals surface area (Å²) < 4.78 is 12.5. The third kappa shape index (κ3) is 3.62. The summed E-state index contributed by atoms with van der Waals surface area (Å²) in [6.45, 7) is 0. The quantitative estimate of drug-likeness (QED) is 0.233. The molecule has 40 heavy (non-hydrogen) atoms. The van der Waals surface area contributed by atoms with Gasteiger partial charge in [0.1, 0.15) is 0 Å². The van der Waals surface area contributed by atoms with E-state index in [1.807, 2.05) is 48.5 Å². The normalized spacial score (nSPS) is 12.8. The van der Waals surface area contributed by atoms with Crippen LogP contribution in [0.2, 0.25) is 0 Å². The second kappa shape index (κ2) is 9.07. The number of rotatable bonds is 3. The minimum absolute atomic E-state index is 0.846. The van der Waals surface area contributed by atoms with E-state index in [-0.39, 0.29) is 0 Å². The van der Waals surface area contributed by atoms with Crippen LogP contribution in [0.4, 0.5) is 34.1 Å². The minimum atomic E-state index is 0.846. The summed E-state index contributed by atoms with van der Waals surface area (Å²) in [6.07, 6.45) is 0. The highest BCUT2D eigenvalue weighted by Gasteiger charge is 2.27. The van der Waals surface area contributed by atoms with Gasteiger partial charge in [-0.3, -0.25) is 0 Å². The molecule has 2 aliphatic rings. The zero-order chi connectivity index (χ0) is 26.5. The van der Waals surface area contributed by atoms with E-state index < -0.39 is 0 Å². The maximum atomic E-state index is 6.23. The predicted molar refractivity (Wildman–Crippen MR) is 161 cm³/mol. The first-order valence-corrected chi connectivity index (χ1v) is 13.4. The van der Waals surface area contributed by atoms with Crippen molar-refractivity contribution in [2.45, 2.75) is 0 Å². The molecule has 4 nitrogen and oxygen atoms in total. The van der Waals surface area contributed by atoms with Crippen LogP contribution < -0.4 is 19.3 Å². The van der Waals surface area contributed by atoms with Gasteiger partial charge in [-0.15, -0.1) is 0 Å². The Morgan fingerprint density at radius 3 is 1.00 bits per heavy atom. The zero-order valence-electron chi connectivity index (χ0n) is 21.6. The monoisotopic (exact) mass is 516 g/mol. The van der Waals surface area contributed by atoms with Gasteiger partial charge in [-0.2, -0.15) is 0 Å². The molecule has 8 rings (SSSR count). The van der Waals surface area contributed by atoms with Crippen molar-refractivity contribution in [2.24, 2.45) is 0 Å². The molecule has 0 spiro atoms. The summed E-state index contributed by atoms with van der Waals surface area (Å²) in [5.74, 6) is 3.38. The maximum Gasteiger partial charge on any atom is 0.151 e. The van der Waals surface area contributed by atoms with E-state index in [0.29, 0.717) is 0 Å². The van der Waals surface area contributed by atoms with Crippen LogP contribution in [0.5, 0.6) is 23.0 Å². The minimum Gasteiger partial charge on any atom is -0.453 e. The number of para-hydroxylation sites is 8. The molecular formula is C36H24N2O2. The van der Waals surface area contributed by atoms with Gasteiger partial charge >= 0.3 is 0 Å². The van der Waals surface area contributed by atoms with Crippen LogP contribution in [0.3, 0.4) is 0 Å². The fraction of sp³-hybridized carbons (Fsp3) is 0. The fourth-order valence-corrected chi connectivity index (χ4v) is 5.61. The Morgan fingerprint density at radius 1 is 0.325 bits per heavy atom. The molecule has 4 heteroatoms. The van der Waals surface area contributed by atoms with Crippen LogP contribution in [0, 0.1) is 0 Å². The molecule has 0 unspecified atom stereocenters. The summed E-state index contributed by atoms with van der Waals surface area (Å²) in [5.41, 5.74) is 8.51. The van der Waals surface area contributed by atoms with Gasteiger partial charge in [-0.1, -0.05) is 72.8 Å². The molecule has 0 N–H and O–H groups in total. The van der Waals surface area contributed by atoms with Crippen LogP contribution in [-0.4, -0.2) is 0 Å². The largest absolute Gasteiger partial charge is 0.453 e. The van der Waals surface area contributed by atoms with Crippen molar-refractivity contribution < 1.29 is 9.47 Å². The average Bonchev–Trinajstić information content (AvgIpc) is 3.02. The van der Waals surface area contributed by atoms with Gasteiger partial charge in [0.15, 0.2) is 23.0 Å². The van der Waals surface area contributed by atoms with E-state index in [9.17, 15) is 0 Å². The van der Waals surface area contributed by atoms with Gasteiger partial charge in [-0.25, -0.2) is 0 Å². The van der Waals surface area contributed by atoms with E-state index in [1.54, 1.807) is 0 Å². The second-order valence-electron chi connectivity index (χ2n) is 9.85. The average molecular weight is 517 g/mol. The highest BCUT2D eigenvalue weighted by atomic mass is 16.5. The Labute approximate surface area is 232 Å². The molecule has 0 aliphatic carbocycles. The summed E-state index contributed by atoms with van der Waals surface area (Å²) >= 11 is 0.